The molecular weight excluding hydrogens is 306 g/mol. The van der Waals surface area contributed by atoms with Crippen molar-refractivity contribution < 1.29 is 4.74 Å². The molecule has 0 saturated carbocycles. The van der Waals surface area contributed by atoms with E-state index in [1.54, 1.807) is 7.11 Å². The van der Waals surface area contributed by atoms with Crippen LogP contribution in [0.1, 0.15) is 19.4 Å². The highest BCUT2D eigenvalue weighted by atomic mass is 32.1. The molecule has 0 spiro atoms. The van der Waals surface area contributed by atoms with Crippen LogP contribution in [0.3, 0.4) is 0 Å². The first kappa shape index (κ1) is 17.2. The molecule has 1 aromatic heterocycles. The molecule has 2 aromatic rings. The summed E-state index contributed by atoms with van der Waals surface area (Å²) in [6.07, 6.45) is 4.57. The van der Waals surface area contributed by atoms with Crippen LogP contribution < -0.4 is 10.1 Å². The average Bonchev–Trinajstić information content (AvgIpc) is 2.56. The first-order valence-corrected chi connectivity index (χ1v) is 8.11. The summed E-state index contributed by atoms with van der Waals surface area (Å²) in [4.78, 5) is 6.24. The molecule has 1 N–H and O–H groups in total. The van der Waals surface area contributed by atoms with Crippen LogP contribution in [0.2, 0.25) is 0 Å². The second-order valence-corrected chi connectivity index (χ2v) is 5.94. The second kappa shape index (κ2) is 8.48. The number of nitrogens with one attached hydrogen (secondary N) is 1. The number of aromatic nitrogens is 1. The minimum atomic E-state index is 0.322. The van der Waals surface area contributed by atoms with Crippen LogP contribution in [-0.4, -0.2) is 34.7 Å². The van der Waals surface area contributed by atoms with Crippen LogP contribution in [0.15, 0.2) is 48.8 Å². The fourth-order valence-corrected chi connectivity index (χ4v) is 2.71. The van der Waals surface area contributed by atoms with Gasteiger partial charge in [0.2, 0.25) is 0 Å². The third kappa shape index (κ3) is 5.21. The van der Waals surface area contributed by atoms with Gasteiger partial charge < -0.3 is 15.0 Å². The Hall–Kier alpha value is -2.14. The van der Waals surface area contributed by atoms with Gasteiger partial charge in [0.1, 0.15) is 5.75 Å². The Morgan fingerprint density at radius 2 is 2.00 bits per heavy atom. The molecule has 0 aliphatic carbocycles. The van der Waals surface area contributed by atoms with E-state index < -0.39 is 0 Å². The minimum Gasteiger partial charge on any atom is -0.497 e. The summed E-state index contributed by atoms with van der Waals surface area (Å²) in [7, 11) is 1.66. The quantitative estimate of drug-likeness (QED) is 0.817. The van der Waals surface area contributed by atoms with E-state index >= 15 is 0 Å². The SMILES string of the molecule is COc1cccc(NC(=S)N(CCc2ccncc2)C(C)C)c1. The maximum atomic E-state index is 5.59. The van der Waals surface area contributed by atoms with Gasteiger partial charge in [0, 0.05) is 36.7 Å². The van der Waals surface area contributed by atoms with E-state index in [-0.39, 0.29) is 0 Å². The molecule has 23 heavy (non-hydrogen) atoms. The number of hydrogen-bond donors (Lipinski definition) is 1. The van der Waals surface area contributed by atoms with Gasteiger partial charge in [-0.3, -0.25) is 4.98 Å². The topological polar surface area (TPSA) is 37.4 Å². The highest BCUT2D eigenvalue weighted by Gasteiger charge is 2.13. The van der Waals surface area contributed by atoms with E-state index in [1.807, 2.05) is 48.8 Å². The van der Waals surface area contributed by atoms with E-state index in [0.717, 1.165) is 29.5 Å². The van der Waals surface area contributed by atoms with Crippen molar-refractivity contribution in [2.75, 3.05) is 19.0 Å². The number of anilines is 1. The number of benzene rings is 1. The third-order valence-electron chi connectivity index (χ3n) is 3.60. The lowest BCUT2D eigenvalue weighted by Gasteiger charge is -2.29. The van der Waals surface area contributed by atoms with Gasteiger partial charge in [0.25, 0.3) is 0 Å². The van der Waals surface area contributed by atoms with Crippen molar-refractivity contribution in [3.63, 3.8) is 0 Å². The van der Waals surface area contributed by atoms with Gasteiger partial charge in [0.15, 0.2) is 5.11 Å². The molecule has 5 heteroatoms. The Morgan fingerprint density at radius 1 is 1.26 bits per heavy atom. The predicted molar refractivity (Wildman–Crippen MR) is 99.0 cm³/mol. The van der Waals surface area contributed by atoms with Gasteiger partial charge >= 0.3 is 0 Å². The lowest BCUT2D eigenvalue weighted by Crippen LogP contribution is -2.41. The smallest absolute Gasteiger partial charge is 0.173 e. The molecule has 1 heterocycles. The molecular formula is C18H23N3OS. The average molecular weight is 329 g/mol. The van der Waals surface area contributed by atoms with Crippen molar-refractivity contribution in [2.45, 2.75) is 26.3 Å². The van der Waals surface area contributed by atoms with Crippen LogP contribution in [0.5, 0.6) is 5.75 Å². The van der Waals surface area contributed by atoms with Gasteiger partial charge in [-0.2, -0.15) is 0 Å². The highest BCUT2D eigenvalue weighted by Crippen LogP contribution is 2.17. The largest absolute Gasteiger partial charge is 0.497 e. The molecule has 0 amide bonds. The zero-order chi connectivity index (χ0) is 16.7. The Kier molecular flexibility index (Phi) is 6.35. The summed E-state index contributed by atoms with van der Waals surface area (Å²) in [6, 6.07) is 12.2. The van der Waals surface area contributed by atoms with E-state index in [9.17, 15) is 0 Å². The number of thiocarbonyl (C=S) groups is 1. The zero-order valence-electron chi connectivity index (χ0n) is 13.8. The molecule has 0 saturated heterocycles. The van der Waals surface area contributed by atoms with Gasteiger partial charge in [-0.25, -0.2) is 0 Å². The van der Waals surface area contributed by atoms with Crippen molar-refractivity contribution >= 4 is 23.0 Å². The van der Waals surface area contributed by atoms with Gasteiger partial charge in [-0.05, 0) is 62.3 Å². The number of rotatable bonds is 6. The Bertz CT molecular complexity index is 631. The van der Waals surface area contributed by atoms with Crippen LogP contribution in [0, 0.1) is 0 Å². The first-order valence-electron chi connectivity index (χ1n) is 7.70. The molecule has 0 atom stereocenters. The van der Waals surface area contributed by atoms with Crippen molar-refractivity contribution in [1.82, 2.24) is 9.88 Å². The molecule has 0 radical (unpaired) electrons. The van der Waals surface area contributed by atoms with E-state index in [1.165, 1.54) is 5.56 Å². The monoisotopic (exact) mass is 329 g/mol. The van der Waals surface area contributed by atoms with E-state index in [4.69, 9.17) is 17.0 Å². The van der Waals surface area contributed by atoms with Crippen molar-refractivity contribution in [2.24, 2.45) is 0 Å². The molecule has 0 aliphatic rings. The molecule has 0 unspecified atom stereocenters. The standard InChI is InChI=1S/C18H23N3OS/c1-14(2)21(12-9-15-7-10-19-11-8-15)18(23)20-16-5-4-6-17(13-16)22-3/h4-8,10-11,13-14H,9,12H2,1-3H3,(H,20,23). The summed E-state index contributed by atoms with van der Waals surface area (Å²) in [5.74, 6) is 0.811. The van der Waals surface area contributed by atoms with Crippen molar-refractivity contribution in [3.05, 3.63) is 54.4 Å². The first-order chi connectivity index (χ1) is 11.1. The maximum Gasteiger partial charge on any atom is 0.173 e. The van der Waals surface area contributed by atoms with Gasteiger partial charge in [-0.1, -0.05) is 6.07 Å². The lowest BCUT2D eigenvalue weighted by molar-refractivity contribution is 0.358. The number of methoxy groups -OCH3 is 1. The number of ether oxygens (including phenoxy) is 1. The summed E-state index contributed by atoms with van der Waals surface area (Å²) in [6.45, 7) is 5.15. The number of hydrogen-bond acceptors (Lipinski definition) is 3. The highest BCUT2D eigenvalue weighted by molar-refractivity contribution is 7.80. The number of pyridine rings is 1. The van der Waals surface area contributed by atoms with Gasteiger partial charge in [-0.15, -0.1) is 0 Å². The molecule has 4 nitrogen and oxygen atoms in total. The van der Waals surface area contributed by atoms with E-state index in [2.05, 4.69) is 29.0 Å². The molecule has 0 aliphatic heterocycles. The maximum absolute atomic E-state index is 5.59. The molecule has 2 rings (SSSR count). The lowest BCUT2D eigenvalue weighted by atomic mass is 10.2. The van der Waals surface area contributed by atoms with Crippen LogP contribution in [0.25, 0.3) is 0 Å². The second-order valence-electron chi connectivity index (χ2n) is 5.55. The van der Waals surface area contributed by atoms with Crippen LogP contribution in [0.4, 0.5) is 5.69 Å². The minimum absolute atomic E-state index is 0.322. The van der Waals surface area contributed by atoms with Crippen molar-refractivity contribution in [3.8, 4) is 5.75 Å². The summed E-state index contributed by atoms with van der Waals surface area (Å²) in [5, 5.41) is 4.02. The summed E-state index contributed by atoms with van der Waals surface area (Å²) in [5.41, 5.74) is 2.19. The van der Waals surface area contributed by atoms with Gasteiger partial charge in [0.05, 0.1) is 7.11 Å². The predicted octanol–water partition coefficient (Wildman–Crippen LogP) is 3.74. The number of nitrogens with zero attached hydrogens (tertiary/aromatic N) is 2. The zero-order valence-corrected chi connectivity index (χ0v) is 14.6. The third-order valence-corrected chi connectivity index (χ3v) is 3.93. The molecule has 0 fully saturated rings. The summed E-state index contributed by atoms with van der Waals surface area (Å²) < 4.78 is 5.25. The summed E-state index contributed by atoms with van der Waals surface area (Å²) >= 11 is 5.59. The molecule has 1 aromatic carbocycles. The normalized spacial score (nSPS) is 10.4. The molecule has 0 bridgehead atoms. The Morgan fingerprint density at radius 3 is 2.65 bits per heavy atom. The van der Waals surface area contributed by atoms with Crippen LogP contribution >= 0.6 is 12.2 Å². The fourth-order valence-electron chi connectivity index (χ4n) is 2.29. The van der Waals surface area contributed by atoms with E-state index in [0.29, 0.717) is 6.04 Å². The van der Waals surface area contributed by atoms with Crippen LogP contribution in [-0.2, 0) is 6.42 Å². The fraction of sp³-hybridized carbons (Fsp3) is 0.333. The molecule has 122 valence electrons. The van der Waals surface area contributed by atoms with Crippen molar-refractivity contribution in [1.29, 1.82) is 0 Å². The Balaban J connectivity index is 2.00. The Labute approximate surface area is 143 Å².